The average Bonchev–Trinajstić information content (AvgIpc) is 1.98. The van der Waals surface area contributed by atoms with Crippen LogP contribution in [0.4, 0.5) is 0 Å². The van der Waals surface area contributed by atoms with E-state index in [1.807, 2.05) is 12.3 Å². The zero-order valence-electron chi connectivity index (χ0n) is 7.17. The zero-order valence-corrected chi connectivity index (χ0v) is 7.17. The predicted molar refractivity (Wildman–Crippen MR) is 46.9 cm³/mol. The third kappa shape index (κ3) is 3.33. The van der Waals surface area contributed by atoms with Crippen molar-refractivity contribution in [3.63, 3.8) is 0 Å². The van der Waals surface area contributed by atoms with Crippen molar-refractivity contribution in [2.45, 2.75) is 26.3 Å². The van der Waals surface area contributed by atoms with Gasteiger partial charge in [0.1, 0.15) is 0 Å². The summed E-state index contributed by atoms with van der Waals surface area (Å²) in [6.45, 7) is 7.99. The standard InChI is InChI=1S/C9H17N/c1-5-7-8-10(4)9(3)6-2/h5,7-9H,1,6H2,2-4H3/b8-7-. The Hall–Kier alpha value is -0.720. The second kappa shape index (κ2) is 5.10. The van der Waals surface area contributed by atoms with Crippen molar-refractivity contribution >= 4 is 0 Å². The molecule has 0 aromatic heterocycles. The van der Waals surface area contributed by atoms with E-state index in [0.29, 0.717) is 6.04 Å². The molecule has 58 valence electrons. The molecule has 0 saturated heterocycles. The topological polar surface area (TPSA) is 3.24 Å². The molecule has 0 saturated carbocycles. The first-order valence-electron chi connectivity index (χ1n) is 3.73. The number of allylic oxidation sites excluding steroid dienone is 2. The summed E-state index contributed by atoms with van der Waals surface area (Å²) in [7, 11) is 2.08. The van der Waals surface area contributed by atoms with E-state index in [2.05, 4.69) is 32.4 Å². The van der Waals surface area contributed by atoms with Crippen molar-refractivity contribution in [3.05, 3.63) is 24.9 Å². The molecular weight excluding hydrogens is 122 g/mol. The van der Waals surface area contributed by atoms with Crippen LogP contribution in [0.15, 0.2) is 24.9 Å². The fourth-order valence-electron chi connectivity index (χ4n) is 0.632. The van der Waals surface area contributed by atoms with Crippen LogP contribution in [0, 0.1) is 0 Å². The molecule has 0 N–H and O–H groups in total. The Bertz CT molecular complexity index is 116. The molecule has 0 fully saturated rings. The molecule has 1 atom stereocenters. The van der Waals surface area contributed by atoms with Crippen LogP contribution in [0.2, 0.25) is 0 Å². The summed E-state index contributed by atoms with van der Waals surface area (Å²) in [5.74, 6) is 0. The molecule has 1 unspecified atom stereocenters. The molecular formula is C9H17N. The second-order valence-corrected chi connectivity index (χ2v) is 2.50. The van der Waals surface area contributed by atoms with Gasteiger partial charge in [0.15, 0.2) is 0 Å². The van der Waals surface area contributed by atoms with Crippen molar-refractivity contribution in [1.82, 2.24) is 4.90 Å². The highest BCUT2D eigenvalue weighted by Crippen LogP contribution is 1.99. The van der Waals surface area contributed by atoms with Gasteiger partial charge >= 0.3 is 0 Å². The van der Waals surface area contributed by atoms with Crippen molar-refractivity contribution in [2.24, 2.45) is 0 Å². The largest absolute Gasteiger partial charge is 0.378 e. The minimum atomic E-state index is 0.621. The minimum absolute atomic E-state index is 0.621. The molecule has 0 aliphatic heterocycles. The van der Waals surface area contributed by atoms with Crippen LogP contribution in [0.5, 0.6) is 0 Å². The Morgan fingerprint density at radius 3 is 2.60 bits per heavy atom. The first-order chi connectivity index (χ1) is 4.72. The van der Waals surface area contributed by atoms with Crippen molar-refractivity contribution in [2.75, 3.05) is 7.05 Å². The average molecular weight is 139 g/mol. The van der Waals surface area contributed by atoms with Crippen molar-refractivity contribution < 1.29 is 0 Å². The maximum atomic E-state index is 3.60. The monoisotopic (exact) mass is 139 g/mol. The van der Waals surface area contributed by atoms with E-state index in [9.17, 15) is 0 Å². The Balaban J connectivity index is 3.70. The fraction of sp³-hybridized carbons (Fsp3) is 0.556. The van der Waals surface area contributed by atoms with Crippen LogP contribution in [0.3, 0.4) is 0 Å². The normalized spacial score (nSPS) is 13.5. The summed E-state index contributed by atoms with van der Waals surface area (Å²) in [4.78, 5) is 2.18. The molecule has 1 nitrogen and oxygen atoms in total. The zero-order chi connectivity index (χ0) is 7.98. The third-order valence-corrected chi connectivity index (χ3v) is 1.74. The molecule has 1 heteroatoms. The highest BCUT2D eigenvalue weighted by molar-refractivity contribution is 4.96. The van der Waals surface area contributed by atoms with E-state index < -0.39 is 0 Å². The van der Waals surface area contributed by atoms with Gasteiger partial charge < -0.3 is 4.90 Å². The summed E-state index contributed by atoms with van der Waals surface area (Å²) >= 11 is 0. The maximum absolute atomic E-state index is 3.60. The SMILES string of the molecule is C=C/C=C\N(C)C(C)CC. The summed E-state index contributed by atoms with van der Waals surface area (Å²) in [6, 6.07) is 0.621. The van der Waals surface area contributed by atoms with Crippen LogP contribution >= 0.6 is 0 Å². The summed E-state index contributed by atoms with van der Waals surface area (Å²) in [5, 5.41) is 0. The Morgan fingerprint density at radius 1 is 1.60 bits per heavy atom. The van der Waals surface area contributed by atoms with Gasteiger partial charge in [0.25, 0.3) is 0 Å². The molecule has 0 aliphatic carbocycles. The van der Waals surface area contributed by atoms with Gasteiger partial charge in [-0.3, -0.25) is 0 Å². The highest BCUT2D eigenvalue weighted by atomic mass is 15.1. The van der Waals surface area contributed by atoms with Crippen molar-refractivity contribution in [1.29, 1.82) is 0 Å². The van der Waals surface area contributed by atoms with Gasteiger partial charge in [0.05, 0.1) is 0 Å². The number of hydrogen-bond acceptors (Lipinski definition) is 1. The van der Waals surface area contributed by atoms with Gasteiger partial charge in [-0.15, -0.1) is 0 Å². The van der Waals surface area contributed by atoms with Crippen molar-refractivity contribution in [3.8, 4) is 0 Å². The number of hydrogen-bond donors (Lipinski definition) is 0. The highest BCUT2D eigenvalue weighted by Gasteiger charge is 1.98. The van der Waals surface area contributed by atoms with Gasteiger partial charge in [-0.1, -0.05) is 19.6 Å². The lowest BCUT2D eigenvalue weighted by atomic mass is 10.2. The molecule has 0 radical (unpaired) electrons. The van der Waals surface area contributed by atoms with Crippen LogP contribution in [0.1, 0.15) is 20.3 Å². The molecule has 0 aromatic rings. The smallest absolute Gasteiger partial charge is 0.0250 e. The summed E-state index contributed by atoms with van der Waals surface area (Å²) in [5.41, 5.74) is 0. The van der Waals surface area contributed by atoms with Gasteiger partial charge in [0.2, 0.25) is 0 Å². The minimum Gasteiger partial charge on any atom is -0.378 e. The predicted octanol–water partition coefficient (Wildman–Crippen LogP) is 2.42. The molecule has 0 heterocycles. The fourth-order valence-corrected chi connectivity index (χ4v) is 0.632. The molecule has 0 bridgehead atoms. The first-order valence-corrected chi connectivity index (χ1v) is 3.73. The maximum Gasteiger partial charge on any atom is 0.0250 e. The molecule has 0 aromatic carbocycles. The van der Waals surface area contributed by atoms with E-state index in [0.717, 1.165) is 0 Å². The molecule has 0 spiro atoms. The molecule has 10 heavy (non-hydrogen) atoms. The molecule has 0 amide bonds. The molecule has 0 aliphatic rings. The second-order valence-electron chi connectivity index (χ2n) is 2.50. The summed E-state index contributed by atoms with van der Waals surface area (Å²) in [6.07, 6.45) is 6.96. The van der Waals surface area contributed by atoms with E-state index in [-0.39, 0.29) is 0 Å². The lowest BCUT2D eigenvalue weighted by Gasteiger charge is -2.20. The number of nitrogens with zero attached hydrogens (tertiary/aromatic N) is 1. The van der Waals surface area contributed by atoms with E-state index in [1.54, 1.807) is 6.08 Å². The van der Waals surface area contributed by atoms with Crippen LogP contribution in [-0.2, 0) is 0 Å². The van der Waals surface area contributed by atoms with Crippen LogP contribution < -0.4 is 0 Å². The van der Waals surface area contributed by atoms with Crippen LogP contribution in [-0.4, -0.2) is 18.0 Å². The summed E-state index contributed by atoms with van der Waals surface area (Å²) < 4.78 is 0. The van der Waals surface area contributed by atoms with Gasteiger partial charge in [-0.2, -0.15) is 0 Å². The lowest BCUT2D eigenvalue weighted by molar-refractivity contribution is 0.343. The quantitative estimate of drug-likeness (QED) is 0.541. The Morgan fingerprint density at radius 2 is 2.20 bits per heavy atom. The van der Waals surface area contributed by atoms with E-state index >= 15 is 0 Å². The van der Waals surface area contributed by atoms with Gasteiger partial charge in [-0.05, 0) is 25.6 Å². The lowest BCUT2D eigenvalue weighted by Crippen LogP contribution is -2.22. The van der Waals surface area contributed by atoms with Gasteiger partial charge in [-0.25, -0.2) is 0 Å². The Kier molecular flexibility index (Phi) is 4.73. The number of rotatable bonds is 4. The Labute approximate surface area is 64.0 Å². The van der Waals surface area contributed by atoms with Crippen LogP contribution in [0.25, 0.3) is 0 Å². The first kappa shape index (κ1) is 9.28. The third-order valence-electron chi connectivity index (χ3n) is 1.74. The van der Waals surface area contributed by atoms with E-state index in [4.69, 9.17) is 0 Å². The molecule has 0 rings (SSSR count). The van der Waals surface area contributed by atoms with Gasteiger partial charge in [0, 0.05) is 13.1 Å². The van der Waals surface area contributed by atoms with E-state index in [1.165, 1.54) is 6.42 Å².